The predicted octanol–water partition coefficient (Wildman–Crippen LogP) is 2.14. The summed E-state index contributed by atoms with van der Waals surface area (Å²) in [6.07, 6.45) is 0. The maximum atomic E-state index is 13.3. The van der Waals surface area contributed by atoms with E-state index in [1.165, 1.54) is 0 Å². The number of ether oxygens (including phenoxy) is 2. The molecule has 0 saturated carbocycles. The van der Waals surface area contributed by atoms with Gasteiger partial charge in [-0.15, -0.1) is 0 Å². The number of aliphatic carboxylic acids is 1. The highest BCUT2D eigenvalue weighted by molar-refractivity contribution is 8.00. The van der Waals surface area contributed by atoms with Crippen molar-refractivity contribution in [2.45, 2.75) is 16.2 Å². The number of amides is 3. The van der Waals surface area contributed by atoms with Crippen LogP contribution in [0.4, 0.5) is 5.69 Å². The number of para-hydroxylation sites is 1. The number of carboxylic acid groups (broad SMARTS) is 1. The zero-order valence-corrected chi connectivity index (χ0v) is 21.5. The molecule has 0 radical (unpaired) electrons. The number of likely N-dealkylation sites (tertiary alicyclic amines) is 1. The summed E-state index contributed by atoms with van der Waals surface area (Å²) >= 11 is 1.98. The van der Waals surface area contributed by atoms with Gasteiger partial charge in [0.2, 0.25) is 11.8 Å². The van der Waals surface area contributed by atoms with E-state index in [1.807, 2.05) is 0 Å². The molecule has 3 heterocycles. The van der Waals surface area contributed by atoms with Crippen molar-refractivity contribution in [2.75, 3.05) is 25.6 Å². The van der Waals surface area contributed by atoms with Gasteiger partial charge in [0.1, 0.15) is 23.3 Å². The SMILES string of the molecule is COc1ccc(NC(=O)COc2ccccc2[C@@H]2c3sc(=O)[nH]c3S[C@@H]3C(=O)N(CC(=O)O)C(=O)[C@H]23)cc1. The van der Waals surface area contributed by atoms with Crippen molar-refractivity contribution in [1.82, 2.24) is 9.88 Å². The van der Waals surface area contributed by atoms with Crippen LogP contribution in [0.1, 0.15) is 16.4 Å². The number of hydrogen-bond acceptors (Lipinski definition) is 9. The fraction of sp³-hybridized carbons (Fsp3) is 0.240. The van der Waals surface area contributed by atoms with Crippen molar-refractivity contribution in [3.05, 3.63) is 68.6 Å². The Morgan fingerprint density at radius 3 is 2.53 bits per heavy atom. The molecule has 0 bridgehead atoms. The molecule has 5 rings (SSSR count). The molecule has 3 atom stereocenters. The van der Waals surface area contributed by atoms with Crippen molar-refractivity contribution < 1.29 is 33.8 Å². The van der Waals surface area contributed by atoms with Gasteiger partial charge in [0.05, 0.1) is 18.1 Å². The number of rotatable bonds is 8. The molecule has 2 aliphatic heterocycles. The van der Waals surface area contributed by atoms with E-state index in [0.29, 0.717) is 32.7 Å². The number of imide groups is 1. The van der Waals surface area contributed by atoms with E-state index in [0.717, 1.165) is 28.0 Å². The summed E-state index contributed by atoms with van der Waals surface area (Å²) in [6.45, 7) is -1.08. The van der Waals surface area contributed by atoms with Crippen LogP contribution >= 0.6 is 23.1 Å². The van der Waals surface area contributed by atoms with E-state index >= 15 is 0 Å². The van der Waals surface area contributed by atoms with Crippen LogP contribution in [0.3, 0.4) is 0 Å². The van der Waals surface area contributed by atoms with Gasteiger partial charge in [0, 0.05) is 22.0 Å². The van der Waals surface area contributed by atoms with Gasteiger partial charge in [-0.3, -0.25) is 28.9 Å². The zero-order valence-electron chi connectivity index (χ0n) is 19.8. The zero-order chi connectivity index (χ0) is 27.0. The van der Waals surface area contributed by atoms with Crippen molar-refractivity contribution in [1.29, 1.82) is 0 Å². The number of thioether (sulfide) groups is 1. The number of aromatic amines is 1. The molecule has 38 heavy (non-hydrogen) atoms. The first-order valence-corrected chi connectivity index (χ1v) is 13.1. The summed E-state index contributed by atoms with van der Waals surface area (Å²) in [4.78, 5) is 66.2. The van der Waals surface area contributed by atoms with Crippen molar-refractivity contribution in [3.63, 3.8) is 0 Å². The van der Waals surface area contributed by atoms with Gasteiger partial charge in [0.25, 0.3) is 5.91 Å². The number of thiazole rings is 1. The molecule has 1 saturated heterocycles. The van der Waals surface area contributed by atoms with Gasteiger partial charge >= 0.3 is 10.8 Å². The Kier molecular flexibility index (Phi) is 6.95. The van der Waals surface area contributed by atoms with Crippen LogP contribution in [0.2, 0.25) is 0 Å². The van der Waals surface area contributed by atoms with Crippen LogP contribution in [-0.2, 0) is 19.2 Å². The second-order valence-corrected chi connectivity index (χ2v) is 10.7. The lowest BCUT2D eigenvalue weighted by atomic mass is 9.82. The Morgan fingerprint density at radius 1 is 1.08 bits per heavy atom. The van der Waals surface area contributed by atoms with Crippen molar-refractivity contribution >= 4 is 52.5 Å². The van der Waals surface area contributed by atoms with Crippen LogP contribution in [0.25, 0.3) is 0 Å². The molecule has 0 spiro atoms. The predicted molar refractivity (Wildman–Crippen MR) is 138 cm³/mol. The van der Waals surface area contributed by atoms with Crippen LogP contribution in [-0.4, -0.2) is 64.2 Å². The molecule has 13 heteroatoms. The van der Waals surface area contributed by atoms with E-state index < -0.39 is 47.3 Å². The number of carboxylic acids is 1. The fourth-order valence-electron chi connectivity index (χ4n) is 4.58. The van der Waals surface area contributed by atoms with Crippen LogP contribution in [0, 0.1) is 5.92 Å². The molecule has 1 fully saturated rings. The molecule has 3 N–H and O–H groups in total. The van der Waals surface area contributed by atoms with Crippen LogP contribution in [0.15, 0.2) is 58.4 Å². The summed E-state index contributed by atoms with van der Waals surface area (Å²) < 4.78 is 11.0. The van der Waals surface area contributed by atoms with E-state index in [9.17, 15) is 29.1 Å². The Hall–Kier alpha value is -4.10. The lowest BCUT2D eigenvalue weighted by Gasteiger charge is -2.30. The van der Waals surface area contributed by atoms with Gasteiger partial charge in [-0.05, 0) is 30.3 Å². The van der Waals surface area contributed by atoms with E-state index in [-0.39, 0.29) is 11.5 Å². The molecule has 2 aliphatic rings. The summed E-state index contributed by atoms with van der Waals surface area (Å²) in [5.74, 6) is -3.72. The average Bonchev–Trinajstić information content (AvgIpc) is 3.38. The number of fused-ring (bicyclic) bond motifs is 2. The highest BCUT2D eigenvalue weighted by Gasteiger charge is 2.56. The standard InChI is InChI=1S/C25H21N3O8S2/c1-35-13-8-6-12(7-9-13)26-16(29)11-36-15-5-3-2-4-14(15)18-19-21(37-22-20(18)38-25(34)27-22)24(33)28(23(19)32)10-17(30)31/h2-9,18-19,21H,10-11H2,1H3,(H,26,29)(H,27,34)(H,30,31)/t18-,19+,21-/m0/s1. The van der Waals surface area contributed by atoms with Gasteiger partial charge in [-0.1, -0.05) is 41.3 Å². The highest BCUT2D eigenvalue weighted by atomic mass is 32.2. The number of aromatic nitrogens is 1. The topological polar surface area (TPSA) is 155 Å². The van der Waals surface area contributed by atoms with Gasteiger partial charge in [-0.2, -0.15) is 0 Å². The molecule has 3 amide bonds. The number of carbonyl (C=O) groups excluding carboxylic acids is 3. The van der Waals surface area contributed by atoms with Crippen molar-refractivity contribution in [2.24, 2.45) is 5.92 Å². The van der Waals surface area contributed by atoms with E-state index in [2.05, 4.69) is 10.3 Å². The molecule has 0 aliphatic carbocycles. The molecular weight excluding hydrogens is 534 g/mol. The number of hydrogen-bond donors (Lipinski definition) is 3. The molecule has 2 aromatic carbocycles. The number of H-pyrrole nitrogens is 1. The van der Waals surface area contributed by atoms with Crippen molar-refractivity contribution in [3.8, 4) is 11.5 Å². The molecular formula is C25H21N3O8S2. The molecule has 0 unspecified atom stereocenters. The summed E-state index contributed by atoms with van der Waals surface area (Å²) in [5, 5.41) is 11.5. The molecule has 1 aromatic heterocycles. The van der Waals surface area contributed by atoms with Gasteiger partial charge < -0.3 is 24.9 Å². The van der Waals surface area contributed by atoms with Crippen LogP contribution < -0.4 is 19.7 Å². The Morgan fingerprint density at radius 2 is 1.82 bits per heavy atom. The monoisotopic (exact) mass is 555 g/mol. The number of carbonyl (C=O) groups is 4. The summed E-state index contributed by atoms with van der Waals surface area (Å²) in [6, 6.07) is 13.6. The number of nitrogens with one attached hydrogen (secondary N) is 2. The first-order chi connectivity index (χ1) is 18.3. The lowest BCUT2D eigenvalue weighted by Crippen LogP contribution is -2.36. The largest absolute Gasteiger partial charge is 0.497 e. The second kappa shape index (κ2) is 10.3. The highest BCUT2D eigenvalue weighted by Crippen LogP contribution is 2.53. The minimum absolute atomic E-state index is 0.303. The smallest absolute Gasteiger partial charge is 0.323 e. The average molecular weight is 556 g/mol. The first kappa shape index (κ1) is 25.5. The maximum Gasteiger partial charge on any atom is 0.323 e. The molecule has 3 aromatic rings. The van der Waals surface area contributed by atoms with Gasteiger partial charge in [0.15, 0.2) is 6.61 Å². The summed E-state index contributed by atoms with van der Waals surface area (Å²) in [5.41, 5.74) is 1.06. The third-order valence-electron chi connectivity index (χ3n) is 6.20. The Labute approximate surface area is 223 Å². The number of anilines is 1. The number of benzene rings is 2. The normalized spacial score (nSPS) is 20.0. The lowest BCUT2D eigenvalue weighted by molar-refractivity contribution is -0.149. The summed E-state index contributed by atoms with van der Waals surface area (Å²) in [7, 11) is 1.54. The third-order valence-corrected chi connectivity index (χ3v) is 8.60. The van der Waals surface area contributed by atoms with E-state index in [1.54, 1.807) is 55.6 Å². The minimum Gasteiger partial charge on any atom is -0.497 e. The quantitative estimate of drug-likeness (QED) is 0.355. The van der Waals surface area contributed by atoms with Gasteiger partial charge in [-0.25, -0.2) is 0 Å². The van der Waals surface area contributed by atoms with Crippen LogP contribution in [0.5, 0.6) is 11.5 Å². The fourth-order valence-corrected chi connectivity index (χ4v) is 7.11. The maximum absolute atomic E-state index is 13.3. The molecule has 11 nitrogen and oxygen atoms in total. The first-order valence-electron chi connectivity index (χ1n) is 11.4. The second-order valence-electron chi connectivity index (χ2n) is 8.51. The minimum atomic E-state index is -1.30. The Balaban J connectivity index is 1.43. The van der Waals surface area contributed by atoms with E-state index in [4.69, 9.17) is 9.47 Å². The number of nitrogens with zero attached hydrogens (tertiary/aromatic N) is 1. The Bertz CT molecular complexity index is 1480. The third kappa shape index (κ3) is 4.77. The number of methoxy groups -OCH3 is 1. The molecule has 196 valence electrons.